The molecule has 0 radical (unpaired) electrons. The SMILES string of the molecule is C=Cc1cc(C(=O)Cc2ccc(C(=N)CC(=O)OC(C)OC(=O)C(C)C)cc2)c(-c2ccc(C(=O)NCC3CC3)nc2C(=O)OCOC(=O)[C@@H](NC(=O)OC(C)(C)C)C(C)C)cc1CO. The number of nitrogens with zero attached hydrogens (tertiary/aromatic N) is 1. The molecule has 1 saturated carbocycles. The van der Waals surface area contributed by atoms with Gasteiger partial charge < -0.3 is 44.8 Å². The molecule has 1 aliphatic rings. The molecule has 17 nitrogen and oxygen atoms in total. The van der Waals surface area contributed by atoms with E-state index in [0.717, 1.165) is 12.8 Å². The quantitative estimate of drug-likeness (QED) is 0.0293. The molecular weight excluding hydrogens is 841 g/mol. The summed E-state index contributed by atoms with van der Waals surface area (Å²) in [6.45, 7) is 15.9. The average Bonchev–Trinajstić information content (AvgIpc) is 4.08. The average molecular weight is 899 g/mol. The number of ketones is 1. The lowest BCUT2D eigenvalue weighted by Gasteiger charge is -2.24. The molecule has 3 aromatic rings. The van der Waals surface area contributed by atoms with E-state index in [-0.39, 0.29) is 34.5 Å². The summed E-state index contributed by atoms with van der Waals surface area (Å²) in [5.74, 6) is -4.83. The van der Waals surface area contributed by atoms with Crippen molar-refractivity contribution in [3.63, 3.8) is 0 Å². The van der Waals surface area contributed by atoms with Crippen molar-refractivity contribution in [1.29, 1.82) is 5.41 Å². The van der Waals surface area contributed by atoms with Gasteiger partial charge in [0.1, 0.15) is 17.3 Å². The molecule has 2 aromatic carbocycles. The Morgan fingerprint density at radius 2 is 1.58 bits per heavy atom. The highest BCUT2D eigenvalue weighted by atomic mass is 16.7. The van der Waals surface area contributed by atoms with Gasteiger partial charge in [-0.25, -0.2) is 19.4 Å². The number of pyridine rings is 1. The fourth-order valence-corrected chi connectivity index (χ4v) is 6.18. The van der Waals surface area contributed by atoms with E-state index in [0.29, 0.717) is 34.7 Å². The maximum Gasteiger partial charge on any atom is 0.408 e. The third-order valence-electron chi connectivity index (χ3n) is 9.85. The zero-order valence-corrected chi connectivity index (χ0v) is 38.0. The second-order valence-corrected chi connectivity index (χ2v) is 17.2. The monoisotopic (exact) mass is 898 g/mol. The molecule has 2 atom stereocenters. The second-order valence-electron chi connectivity index (χ2n) is 17.2. The first kappa shape index (κ1) is 50.9. The third-order valence-corrected chi connectivity index (χ3v) is 9.85. The largest absolute Gasteiger partial charge is 0.444 e. The Bertz CT molecular complexity index is 2290. The number of aliphatic hydroxyl groups is 1. The highest BCUT2D eigenvalue weighted by Crippen LogP contribution is 2.33. The normalized spacial score (nSPS) is 13.2. The molecule has 2 amide bonds. The first-order valence-corrected chi connectivity index (χ1v) is 21.2. The summed E-state index contributed by atoms with van der Waals surface area (Å²) in [7, 11) is 0. The number of rotatable bonds is 21. The summed E-state index contributed by atoms with van der Waals surface area (Å²) in [6.07, 6.45) is 0.854. The van der Waals surface area contributed by atoms with Crippen molar-refractivity contribution in [3.05, 3.63) is 94.3 Å². The van der Waals surface area contributed by atoms with Crippen molar-refractivity contribution in [3.8, 4) is 11.1 Å². The minimum atomic E-state index is -1.16. The van der Waals surface area contributed by atoms with Crippen LogP contribution in [0.2, 0.25) is 0 Å². The van der Waals surface area contributed by atoms with E-state index in [4.69, 9.17) is 29.1 Å². The predicted octanol–water partition coefficient (Wildman–Crippen LogP) is 6.50. The minimum Gasteiger partial charge on any atom is -0.444 e. The van der Waals surface area contributed by atoms with Crippen molar-refractivity contribution < 1.29 is 62.4 Å². The maximum atomic E-state index is 14.3. The van der Waals surface area contributed by atoms with Gasteiger partial charge in [-0.3, -0.25) is 19.2 Å². The minimum absolute atomic E-state index is 0.0596. The van der Waals surface area contributed by atoms with E-state index in [2.05, 4.69) is 22.2 Å². The molecule has 1 fully saturated rings. The molecule has 1 aliphatic carbocycles. The summed E-state index contributed by atoms with van der Waals surface area (Å²) in [5, 5.41) is 24.0. The van der Waals surface area contributed by atoms with Gasteiger partial charge in [0.25, 0.3) is 5.91 Å². The molecule has 17 heteroatoms. The Hall–Kier alpha value is -6.75. The van der Waals surface area contributed by atoms with Crippen LogP contribution in [0.15, 0.2) is 55.1 Å². The number of aliphatic hydroxyl groups excluding tert-OH is 1. The standard InChI is InChI=1S/C48H58N4O13/c1-10-31-20-36(39(54)19-29-13-15-32(16-14-29)37(49)22-40(55)63-28(6)64-44(57)27(4)5)35(21-33(31)24-53)34-17-18-38(43(56)50-23-30-11-12-30)51-42(34)46(59)62-25-61-45(58)41(26(2)3)52-47(60)65-48(7,8)9/h10,13-18,20-21,26-28,30,41,49,53H,1,11-12,19,22-25H2,2-9H3,(H,50,56)(H,52,60)/t28?,41-/m0/s1. The predicted molar refractivity (Wildman–Crippen MR) is 238 cm³/mol. The molecule has 65 heavy (non-hydrogen) atoms. The Labute approximate surface area is 378 Å². The van der Waals surface area contributed by atoms with Crippen LogP contribution in [0.1, 0.15) is 128 Å². The number of aromatic nitrogens is 1. The topological polar surface area (TPSA) is 247 Å². The number of hydrogen-bond donors (Lipinski definition) is 4. The molecule has 0 aliphatic heterocycles. The summed E-state index contributed by atoms with van der Waals surface area (Å²) < 4.78 is 26.1. The van der Waals surface area contributed by atoms with E-state index in [9.17, 15) is 38.7 Å². The van der Waals surface area contributed by atoms with Crippen LogP contribution in [0, 0.1) is 23.2 Å². The highest BCUT2D eigenvalue weighted by Gasteiger charge is 2.30. The fraction of sp³-hybridized carbons (Fsp3) is 0.438. The van der Waals surface area contributed by atoms with Crippen LogP contribution in [0.25, 0.3) is 17.2 Å². The zero-order chi connectivity index (χ0) is 48.2. The Balaban J connectivity index is 1.61. The lowest BCUT2D eigenvalue weighted by atomic mass is 9.89. The number of alkyl carbamates (subject to hydrolysis) is 1. The number of benzene rings is 2. The summed E-state index contributed by atoms with van der Waals surface area (Å²) in [5.41, 5.74) is 0.602. The van der Waals surface area contributed by atoms with Crippen LogP contribution in [0.3, 0.4) is 0 Å². The summed E-state index contributed by atoms with van der Waals surface area (Å²) >= 11 is 0. The van der Waals surface area contributed by atoms with Crippen molar-refractivity contribution >= 4 is 53.4 Å². The van der Waals surface area contributed by atoms with E-state index >= 15 is 0 Å². The van der Waals surface area contributed by atoms with E-state index < -0.39 is 96.9 Å². The van der Waals surface area contributed by atoms with E-state index in [1.165, 1.54) is 37.3 Å². The molecule has 0 bridgehead atoms. The fourth-order valence-electron chi connectivity index (χ4n) is 6.18. The Morgan fingerprint density at radius 1 is 0.908 bits per heavy atom. The van der Waals surface area contributed by atoms with Crippen molar-refractivity contribution in [2.45, 2.75) is 106 Å². The van der Waals surface area contributed by atoms with Gasteiger partial charge in [0, 0.05) is 36.7 Å². The summed E-state index contributed by atoms with van der Waals surface area (Å²) in [4.78, 5) is 95.6. The van der Waals surface area contributed by atoms with Crippen molar-refractivity contribution in [2.75, 3.05) is 13.3 Å². The van der Waals surface area contributed by atoms with Gasteiger partial charge in [0.15, 0.2) is 11.5 Å². The molecule has 0 spiro atoms. The second kappa shape index (κ2) is 22.7. The van der Waals surface area contributed by atoms with Gasteiger partial charge in [-0.15, -0.1) is 0 Å². The first-order valence-electron chi connectivity index (χ1n) is 21.2. The number of nitrogens with one attached hydrogen (secondary N) is 3. The lowest BCUT2D eigenvalue weighted by Crippen LogP contribution is -2.47. The van der Waals surface area contributed by atoms with Crippen LogP contribution in [0.5, 0.6) is 0 Å². The molecule has 348 valence electrons. The lowest BCUT2D eigenvalue weighted by molar-refractivity contribution is -0.186. The van der Waals surface area contributed by atoms with Gasteiger partial charge in [-0.05, 0) is 97.5 Å². The van der Waals surface area contributed by atoms with Crippen LogP contribution in [-0.2, 0) is 51.1 Å². The molecule has 4 rings (SSSR count). The van der Waals surface area contributed by atoms with Gasteiger partial charge >= 0.3 is 30.0 Å². The molecular formula is C48H58N4O13. The molecule has 0 saturated heterocycles. The maximum absolute atomic E-state index is 14.3. The Kier molecular flexibility index (Phi) is 17.8. The first-order chi connectivity index (χ1) is 30.6. The molecule has 1 heterocycles. The van der Waals surface area contributed by atoms with Gasteiger partial charge in [-0.2, -0.15) is 0 Å². The van der Waals surface area contributed by atoms with Gasteiger partial charge in [-0.1, -0.05) is 64.6 Å². The van der Waals surface area contributed by atoms with Crippen molar-refractivity contribution in [1.82, 2.24) is 15.6 Å². The van der Waals surface area contributed by atoms with Gasteiger partial charge in [0.2, 0.25) is 13.1 Å². The molecule has 1 aromatic heterocycles. The van der Waals surface area contributed by atoms with Crippen LogP contribution < -0.4 is 10.6 Å². The number of Topliss-reactive ketones (excluding diaryl/α,β-unsaturated/α-hetero) is 1. The van der Waals surface area contributed by atoms with Crippen LogP contribution in [-0.4, -0.2) is 88.7 Å². The number of ether oxygens (including phenoxy) is 5. The number of carbonyl (C=O) groups is 7. The number of hydrogen-bond acceptors (Lipinski definition) is 15. The number of amides is 2. The molecule has 1 unspecified atom stereocenters. The highest BCUT2D eigenvalue weighted by molar-refractivity contribution is 6.09. The zero-order valence-electron chi connectivity index (χ0n) is 38.0. The van der Waals surface area contributed by atoms with Crippen molar-refractivity contribution in [2.24, 2.45) is 17.8 Å². The smallest absolute Gasteiger partial charge is 0.408 e. The van der Waals surface area contributed by atoms with E-state index in [1.807, 2.05) is 0 Å². The molecule has 4 N–H and O–H groups in total. The van der Waals surface area contributed by atoms with E-state index in [1.54, 1.807) is 72.7 Å². The van der Waals surface area contributed by atoms with Gasteiger partial charge in [0.05, 0.1) is 18.9 Å². The third kappa shape index (κ3) is 15.2. The number of esters is 4. The van der Waals surface area contributed by atoms with Crippen LogP contribution in [0.4, 0.5) is 4.79 Å². The Morgan fingerprint density at radius 3 is 2.17 bits per heavy atom. The summed E-state index contributed by atoms with van der Waals surface area (Å²) in [6, 6.07) is 11.1. The van der Waals surface area contributed by atoms with Crippen LogP contribution >= 0.6 is 0 Å². The number of carbonyl (C=O) groups excluding carboxylic acids is 7.